The van der Waals surface area contributed by atoms with Gasteiger partial charge in [0.25, 0.3) is 0 Å². The topological polar surface area (TPSA) is 78.9 Å². The van der Waals surface area contributed by atoms with Gasteiger partial charge in [-0.05, 0) is 25.2 Å². The molecular weight excluding hydrogens is 841 g/mol. The second kappa shape index (κ2) is 56.3. The first-order valence-corrected chi connectivity index (χ1v) is 30.9. The van der Waals surface area contributed by atoms with E-state index in [1.54, 1.807) is 0 Å². The molecule has 0 spiro atoms. The first-order chi connectivity index (χ1) is 33.4. The fourth-order valence-corrected chi connectivity index (χ4v) is 9.60. The van der Waals surface area contributed by atoms with E-state index in [1.165, 1.54) is 250 Å². The van der Waals surface area contributed by atoms with Crippen LogP contribution in [-0.4, -0.2) is 37.2 Å². The number of rotatable bonds is 57. The highest BCUT2D eigenvalue weighted by molar-refractivity contribution is 5.71. The maximum Gasteiger partial charge on any atom is 0.306 e. The average Bonchev–Trinajstić information content (AvgIpc) is 3.34. The number of unbranched alkanes of at least 4 members (excludes halogenated alkanes) is 43. The Morgan fingerprint density at radius 2 is 0.515 bits per heavy atom. The standard InChI is InChI=1S/C62H120O6/c1-5-8-10-12-14-16-18-20-21-27-30-34-38-42-46-50-54-61(64)67-57-59(56-66-60(63)53-49-45-41-37-33-19-17-15-13-11-9-6-2)68-62(65)55-51-47-43-39-35-31-28-25-23-22-24-26-29-32-36-40-44-48-52-58(4)7-3/h58-59H,5-57H2,1-4H3/t58?,59-/m0/s1. The van der Waals surface area contributed by atoms with Crippen LogP contribution in [-0.2, 0) is 28.6 Å². The number of carbonyl (C=O) groups is 3. The van der Waals surface area contributed by atoms with Gasteiger partial charge < -0.3 is 14.2 Å². The van der Waals surface area contributed by atoms with E-state index in [4.69, 9.17) is 14.2 Å². The molecule has 0 aliphatic heterocycles. The highest BCUT2D eigenvalue weighted by Gasteiger charge is 2.19. The molecule has 0 aliphatic rings. The summed E-state index contributed by atoms with van der Waals surface area (Å²) in [7, 11) is 0. The maximum atomic E-state index is 12.9. The zero-order chi connectivity index (χ0) is 49.5. The van der Waals surface area contributed by atoms with Gasteiger partial charge >= 0.3 is 17.9 Å². The minimum atomic E-state index is -0.762. The van der Waals surface area contributed by atoms with Crippen LogP contribution in [0, 0.1) is 5.92 Å². The van der Waals surface area contributed by atoms with Gasteiger partial charge in [0.15, 0.2) is 6.10 Å². The maximum absolute atomic E-state index is 12.9. The second-order valence-electron chi connectivity index (χ2n) is 21.6. The van der Waals surface area contributed by atoms with Crippen LogP contribution in [0.5, 0.6) is 0 Å². The van der Waals surface area contributed by atoms with Crippen LogP contribution >= 0.6 is 0 Å². The highest BCUT2D eigenvalue weighted by Crippen LogP contribution is 2.19. The van der Waals surface area contributed by atoms with Gasteiger partial charge in [-0.15, -0.1) is 0 Å². The van der Waals surface area contributed by atoms with Crippen LogP contribution in [0.25, 0.3) is 0 Å². The van der Waals surface area contributed by atoms with Gasteiger partial charge in [-0.2, -0.15) is 0 Å². The molecule has 0 bridgehead atoms. The molecule has 6 heteroatoms. The van der Waals surface area contributed by atoms with E-state index in [1.807, 2.05) is 0 Å². The van der Waals surface area contributed by atoms with Crippen molar-refractivity contribution < 1.29 is 28.6 Å². The summed E-state index contributed by atoms with van der Waals surface area (Å²) in [4.78, 5) is 38.2. The van der Waals surface area contributed by atoms with Crippen molar-refractivity contribution in [3.63, 3.8) is 0 Å². The van der Waals surface area contributed by atoms with Crippen LogP contribution in [0.4, 0.5) is 0 Å². The van der Waals surface area contributed by atoms with Crippen molar-refractivity contribution in [1.29, 1.82) is 0 Å². The fraction of sp³-hybridized carbons (Fsp3) is 0.952. The van der Waals surface area contributed by atoms with E-state index < -0.39 is 6.10 Å². The van der Waals surface area contributed by atoms with E-state index in [9.17, 15) is 14.4 Å². The molecule has 0 N–H and O–H groups in total. The molecule has 0 aromatic rings. The zero-order valence-corrected chi connectivity index (χ0v) is 46.6. The number of ether oxygens (including phenoxy) is 3. The summed E-state index contributed by atoms with van der Waals surface area (Å²) in [6.07, 6.45) is 62.4. The van der Waals surface area contributed by atoms with Gasteiger partial charge in [0.05, 0.1) is 0 Å². The molecule has 68 heavy (non-hydrogen) atoms. The van der Waals surface area contributed by atoms with Gasteiger partial charge in [0.1, 0.15) is 13.2 Å². The van der Waals surface area contributed by atoms with Gasteiger partial charge in [0, 0.05) is 19.3 Å². The number of hydrogen-bond acceptors (Lipinski definition) is 6. The predicted octanol–water partition coefficient (Wildman–Crippen LogP) is 20.6. The molecule has 0 rings (SSSR count). The van der Waals surface area contributed by atoms with E-state index in [0.717, 1.165) is 63.7 Å². The van der Waals surface area contributed by atoms with Crippen molar-refractivity contribution in [2.75, 3.05) is 13.2 Å². The summed E-state index contributed by atoms with van der Waals surface area (Å²) in [5, 5.41) is 0. The molecule has 0 aromatic heterocycles. The molecule has 0 heterocycles. The van der Waals surface area contributed by atoms with Crippen LogP contribution in [0.2, 0.25) is 0 Å². The third kappa shape index (κ3) is 53.8. The molecule has 0 saturated heterocycles. The van der Waals surface area contributed by atoms with Gasteiger partial charge in [-0.1, -0.05) is 317 Å². The molecule has 0 aromatic carbocycles. The van der Waals surface area contributed by atoms with Gasteiger partial charge in [-0.25, -0.2) is 0 Å². The SMILES string of the molecule is CCCCCCCCCCCCCCCCCCC(=O)OC[C@H](COC(=O)CCCCCCCCCCCCCC)OC(=O)CCCCCCCCCCCCCCCCCCCCC(C)CC. The Morgan fingerprint density at radius 1 is 0.294 bits per heavy atom. The molecule has 0 radical (unpaired) electrons. The van der Waals surface area contributed by atoms with Gasteiger partial charge in [0.2, 0.25) is 0 Å². The Kier molecular flexibility index (Phi) is 55.0. The van der Waals surface area contributed by atoms with E-state index >= 15 is 0 Å². The molecule has 0 fully saturated rings. The van der Waals surface area contributed by atoms with Crippen molar-refractivity contribution in [3.05, 3.63) is 0 Å². The Hall–Kier alpha value is -1.59. The summed E-state index contributed by atoms with van der Waals surface area (Å²) in [6, 6.07) is 0. The van der Waals surface area contributed by atoms with E-state index in [-0.39, 0.29) is 31.1 Å². The molecule has 0 saturated carbocycles. The van der Waals surface area contributed by atoms with Crippen LogP contribution in [0.3, 0.4) is 0 Å². The second-order valence-corrected chi connectivity index (χ2v) is 21.6. The van der Waals surface area contributed by atoms with Crippen LogP contribution in [0.15, 0.2) is 0 Å². The monoisotopic (exact) mass is 961 g/mol. The molecule has 2 atom stereocenters. The largest absolute Gasteiger partial charge is 0.462 e. The molecule has 0 amide bonds. The summed E-state index contributed by atoms with van der Waals surface area (Å²) >= 11 is 0. The third-order valence-corrected chi connectivity index (χ3v) is 14.7. The predicted molar refractivity (Wildman–Crippen MR) is 293 cm³/mol. The lowest BCUT2D eigenvalue weighted by molar-refractivity contribution is -0.167. The molecule has 404 valence electrons. The Balaban J connectivity index is 4.23. The summed E-state index contributed by atoms with van der Waals surface area (Å²) in [5.74, 6) is 0.0783. The zero-order valence-electron chi connectivity index (χ0n) is 46.6. The molecular formula is C62H120O6. The Labute approximate surface area is 425 Å². The summed E-state index contributed by atoms with van der Waals surface area (Å²) < 4.78 is 16.9. The van der Waals surface area contributed by atoms with Crippen LogP contribution in [0.1, 0.15) is 355 Å². The number of esters is 3. The van der Waals surface area contributed by atoms with Crippen molar-refractivity contribution >= 4 is 17.9 Å². The van der Waals surface area contributed by atoms with Crippen molar-refractivity contribution in [2.24, 2.45) is 5.92 Å². The van der Waals surface area contributed by atoms with Crippen LogP contribution < -0.4 is 0 Å². The Bertz CT molecular complexity index is 1030. The van der Waals surface area contributed by atoms with Crippen molar-refractivity contribution in [2.45, 2.75) is 361 Å². The summed E-state index contributed by atoms with van der Waals surface area (Å²) in [5.41, 5.74) is 0. The van der Waals surface area contributed by atoms with E-state index in [2.05, 4.69) is 27.7 Å². The minimum absolute atomic E-state index is 0.0614. The first-order valence-electron chi connectivity index (χ1n) is 30.9. The molecule has 1 unspecified atom stereocenters. The first kappa shape index (κ1) is 66.4. The number of carbonyl (C=O) groups excluding carboxylic acids is 3. The smallest absolute Gasteiger partial charge is 0.306 e. The molecule has 6 nitrogen and oxygen atoms in total. The van der Waals surface area contributed by atoms with Gasteiger partial charge in [-0.3, -0.25) is 14.4 Å². The normalized spacial score (nSPS) is 12.4. The van der Waals surface area contributed by atoms with Crippen molar-refractivity contribution in [3.8, 4) is 0 Å². The highest BCUT2D eigenvalue weighted by atomic mass is 16.6. The lowest BCUT2D eigenvalue weighted by atomic mass is 9.99. The fourth-order valence-electron chi connectivity index (χ4n) is 9.60. The number of hydrogen-bond donors (Lipinski definition) is 0. The minimum Gasteiger partial charge on any atom is -0.462 e. The Morgan fingerprint density at radius 3 is 0.765 bits per heavy atom. The molecule has 0 aliphatic carbocycles. The average molecular weight is 962 g/mol. The third-order valence-electron chi connectivity index (χ3n) is 14.7. The van der Waals surface area contributed by atoms with Crippen molar-refractivity contribution in [1.82, 2.24) is 0 Å². The lowest BCUT2D eigenvalue weighted by Gasteiger charge is -2.18. The summed E-state index contributed by atoms with van der Waals surface area (Å²) in [6.45, 7) is 9.12. The quantitative estimate of drug-likeness (QED) is 0.0343. The lowest BCUT2D eigenvalue weighted by Crippen LogP contribution is -2.30. The van der Waals surface area contributed by atoms with E-state index in [0.29, 0.717) is 19.3 Å².